The Hall–Kier alpha value is -8.49. The molecule has 28 nitrogen and oxygen atoms in total. The molecule has 14 aliphatic rings. The van der Waals surface area contributed by atoms with Crippen molar-refractivity contribution in [2.75, 3.05) is 79.7 Å². The number of piperazine rings is 2. The molecule has 0 unspecified atom stereocenters. The third-order valence-corrected chi connectivity index (χ3v) is 29.1. The van der Waals surface area contributed by atoms with Crippen molar-refractivity contribution in [3.63, 3.8) is 0 Å². The molecule has 1 radical (unpaired) electrons. The standard InChI is InChI=1S/C41H43N5O7S.C40H44N4O8S.Ag.HNO3/c1-18-10-21-11-25-26(14-43)46-27-15-50-40(48)41(39-24(12-22(13-42)44-41)23-8-6-7-9-28(23)53-39)16-54-38(29-19(2)20(3)36-37(31(27)29)52-17-51-36)33(46)32(45(25)4)30(21)34(47)35(18)49-5;1-17-10-20-11-24-38(46)44-25-14-49-39(47)40(37-23(12-21(13-41)42-40)22-8-6-7-9-26(22)52-37)15-53-36(27-18(2)19(3)34-35(29(25)27)51-16-50-34)31(44)30(43(24)4)28(20)32(45)33(17)48-5;;2-1(3)4/h6-10,22,25-27,32-33,38,44,47H,11-13,15-17,42H2,1-5H3;6-10,21,24-25,30-31,36,38,42,45-46H,11-16,41H2,1-5H3;;(H,2,3,4)/t22-,25-,26-,27-,32+,33+,38+,41+;21-,24-,25-,30+,31+,36+,38-,40+;;/m00../s1. The van der Waals surface area contributed by atoms with Crippen molar-refractivity contribution in [1.82, 2.24) is 30.2 Å². The van der Waals surface area contributed by atoms with Crippen LogP contribution in [0.5, 0.6) is 46.0 Å². The molecule has 16 heterocycles. The van der Waals surface area contributed by atoms with Gasteiger partial charge in [0.25, 0.3) is 5.09 Å². The van der Waals surface area contributed by atoms with Crippen molar-refractivity contribution in [2.45, 2.75) is 161 Å². The van der Waals surface area contributed by atoms with Gasteiger partial charge in [0.1, 0.15) is 48.2 Å². The minimum atomic E-state index is -1.50. The van der Waals surface area contributed by atoms with Crippen molar-refractivity contribution in [3.8, 4) is 52.1 Å². The number of aromatic hydroxyl groups is 2. The number of phenols is 2. The number of benzene rings is 6. The maximum Gasteiger partial charge on any atom is 0.335 e. The minimum absolute atomic E-state index is 0. The van der Waals surface area contributed by atoms with Gasteiger partial charge in [-0.2, -0.15) is 5.26 Å². The van der Waals surface area contributed by atoms with E-state index >= 15 is 0 Å². The summed E-state index contributed by atoms with van der Waals surface area (Å²) in [4.78, 5) is 47.1. The number of likely N-dealkylation sites (N-methyl/N-ethyl adjacent to an activating group) is 2. The van der Waals surface area contributed by atoms with Crippen LogP contribution in [0.1, 0.15) is 135 Å². The maximum absolute atomic E-state index is 14.9. The van der Waals surface area contributed by atoms with E-state index in [-0.39, 0.29) is 131 Å². The van der Waals surface area contributed by atoms with Gasteiger partial charge >= 0.3 is 11.9 Å². The second-order valence-electron chi connectivity index (χ2n) is 31.3. The van der Waals surface area contributed by atoms with Crippen LogP contribution >= 0.6 is 23.5 Å². The predicted molar refractivity (Wildman–Crippen MR) is 407 cm³/mol. The molecule has 2 aromatic heterocycles. The third kappa shape index (κ3) is 10.8. The number of thioether (sulfide) groups is 2. The molecule has 8 aromatic rings. The van der Waals surface area contributed by atoms with E-state index in [1.165, 1.54) is 0 Å². The average Bonchev–Trinajstić information content (AvgIpc) is 0.936. The molecule has 16 atom stereocenters. The van der Waals surface area contributed by atoms with E-state index in [0.717, 1.165) is 99.8 Å². The molecule has 0 saturated carbocycles. The average molecular weight is 1660 g/mol. The summed E-state index contributed by atoms with van der Waals surface area (Å²) in [5, 5.41) is 70.0. The zero-order chi connectivity index (χ0) is 77.6. The van der Waals surface area contributed by atoms with Crippen molar-refractivity contribution >= 4 is 57.4 Å². The third-order valence-electron chi connectivity index (χ3n) is 26.1. The van der Waals surface area contributed by atoms with Gasteiger partial charge in [0.05, 0.1) is 50.5 Å². The van der Waals surface area contributed by atoms with Gasteiger partial charge in [0.2, 0.25) is 13.6 Å². The number of hydrogen-bond acceptors (Lipinski definition) is 28. The minimum Gasteiger partial charge on any atom is -0.504 e. The van der Waals surface area contributed by atoms with Crippen LogP contribution in [0.15, 0.2) is 69.5 Å². The van der Waals surface area contributed by atoms with Gasteiger partial charge in [0, 0.05) is 132 Å². The van der Waals surface area contributed by atoms with Gasteiger partial charge in [-0.25, -0.2) is 9.59 Å². The monoisotopic (exact) mass is 1660 g/mol. The first-order chi connectivity index (χ1) is 53.4. The summed E-state index contributed by atoms with van der Waals surface area (Å²) in [5.41, 5.74) is 26.8. The largest absolute Gasteiger partial charge is 0.504 e. The zero-order valence-corrected chi connectivity index (χ0v) is 66.4. The number of nitrogens with zero attached hydrogens (tertiary/aromatic N) is 6. The molecule has 112 heavy (non-hydrogen) atoms. The molecular weight excluding hydrogens is 1570 g/mol. The Morgan fingerprint density at radius 2 is 1.03 bits per heavy atom. The van der Waals surface area contributed by atoms with E-state index in [9.17, 15) is 30.2 Å². The maximum atomic E-state index is 14.9. The smallest absolute Gasteiger partial charge is 0.335 e. The first-order valence-corrected chi connectivity index (χ1v) is 39.6. The summed E-state index contributed by atoms with van der Waals surface area (Å²) in [5.74, 6) is 4.58. The van der Waals surface area contributed by atoms with E-state index in [2.05, 4.69) is 83.2 Å². The number of rotatable bonds is 4. The van der Waals surface area contributed by atoms with Crippen LogP contribution in [0.3, 0.4) is 0 Å². The van der Waals surface area contributed by atoms with Crippen molar-refractivity contribution in [2.24, 2.45) is 11.5 Å². The van der Waals surface area contributed by atoms with Crippen LogP contribution in [0.25, 0.3) is 21.9 Å². The number of carbonyl (C=O) groups is 2. The number of phenolic OH excluding ortho intramolecular Hbond substituents is 2. The number of furan rings is 2. The quantitative estimate of drug-likeness (QED) is 0.0354. The molecular formula is C81H88AgN10O18S2. The molecule has 22 rings (SSSR count). The van der Waals surface area contributed by atoms with Crippen LogP contribution in [0.2, 0.25) is 0 Å². The molecule has 0 aliphatic carbocycles. The molecule has 4 fully saturated rings. The van der Waals surface area contributed by atoms with Crippen LogP contribution in [-0.2, 0) is 78.2 Å². The van der Waals surface area contributed by atoms with Gasteiger partial charge in [-0.3, -0.25) is 30.2 Å². The Balaban J connectivity index is 0.000000154. The fourth-order valence-corrected chi connectivity index (χ4v) is 24.7. The molecule has 31 heteroatoms. The first kappa shape index (κ1) is 76.2. The van der Waals surface area contributed by atoms with Crippen molar-refractivity contribution in [3.05, 3.63) is 171 Å². The van der Waals surface area contributed by atoms with Crippen molar-refractivity contribution in [1.29, 1.82) is 5.26 Å². The second-order valence-corrected chi connectivity index (χ2v) is 33.6. The van der Waals surface area contributed by atoms with Crippen LogP contribution in [-0.4, -0.2) is 185 Å². The van der Waals surface area contributed by atoms with Gasteiger partial charge < -0.3 is 78.7 Å². The first-order valence-electron chi connectivity index (χ1n) is 37.5. The number of ether oxygens (including phenoxy) is 8. The molecule has 10 N–H and O–H groups in total. The number of nitrogens with one attached hydrogen (secondary N) is 2. The fraction of sp³-hybridized carbons (Fsp3) is 0.469. The molecule has 14 aliphatic heterocycles. The number of nitrogens with two attached hydrogens (primary N) is 2. The summed E-state index contributed by atoms with van der Waals surface area (Å²) in [6.07, 6.45) is 1.39. The number of aryl methyl sites for hydroxylation is 2. The zero-order valence-electron chi connectivity index (χ0n) is 63.3. The summed E-state index contributed by atoms with van der Waals surface area (Å²) in [7, 11) is 7.27. The normalized spacial score (nSPS) is 30.1. The topological polar surface area (TPSA) is 371 Å². The predicted octanol–water partition coefficient (Wildman–Crippen LogP) is 8.53. The second kappa shape index (κ2) is 28.2. The molecule has 0 amide bonds. The van der Waals surface area contributed by atoms with E-state index in [1.807, 2.05) is 69.4 Å². The number of aliphatic hydroxyl groups excluding tert-OH is 1. The Kier molecular flexibility index (Phi) is 19.2. The number of fused-ring (bicyclic) bond motifs is 22. The number of methoxy groups -OCH3 is 2. The van der Waals surface area contributed by atoms with Crippen molar-refractivity contribution < 1.29 is 104 Å². The van der Waals surface area contributed by atoms with Crippen LogP contribution < -0.4 is 50.5 Å². The number of aliphatic hydroxyl groups is 1. The Morgan fingerprint density at radius 1 is 0.616 bits per heavy atom. The molecule has 593 valence electrons. The fourth-order valence-electron chi connectivity index (χ4n) is 21.2. The van der Waals surface area contributed by atoms with Gasteiger partial charge in [0.15, 0.2) is 57.1 Å². The van der Waals surface area contributed by atoms with Crippen LogP contribution in [0.4, 0.5) is 0 Å². The van der Waals surface area contributed by atoms with E-state index in [4.69, 9.17) is 73.5 Å². The van der Waals surface area contributed by atoms with Gasteiger partial charge in [-0.15, -0.1) is 33.6 Å². The number of para-hydroxylation sites is 2. The number of hydrogen-bond donors (Lipinski definition) is 8. The summed E-state index contributed by atoms with van der Waals surface area (Å²) in [6, 6.07) is 18.7. The Bertz CT molecular complexity index is 5300. The summed E-state index contributed by atoms with van der Waals surface area (Å²) < 4.78 is 62.6. The molecule has 4 saturated heterocycles. The molecule has 8 bridgehead atoms. The number of carbonyl (C=O) groups excluding carboxylic acids is 2. The molecule has 6 aromatic carbocycles. The van der Waals surface area contributed by atoms with Gasteiger partial charge in [-0.05, 0) is 149 Å². The number of esters is 2. The Morgan fingerprint density at radius 3 is 1.46 bits per heavy atom. The number of nitriles is 1. The Labute approximate surface area is 669 Å². The van der Waals surface area contributed by atoms with E-state index in [0.29, 0.717) is 96.0 Å². The van der Waals surface area contributed by atoms with E-state index < -0.39 is 52.5 Å². The van der Waals surface area contributed by atoms with Gasteiger partial charge in [-0.1, -0.05) is 48.5 Å². The van der Waals surface area contributed by atoms with Crippen LogP contribution in [0, 0.1) is 63.0 Å². The summed E-state index contributed by atoms with van der Waals surface area (Å²) in [6.45, 7) is 13.0. The summed E-state index contributed by atoms with van der Waals surface area (Å²) >= 11 is 3.29. The van der Waals surface area contributed by atoms with E-state index in [1.54, 1.807) is 37.7 Å². The molecule has 2 spiro atoms. The SMILES string of the molecule is COc1c(C)cc2c(c1O)[C@@H]1[C@@H]3[C@@H]4SC[C@]5(N[C@H](CN)Cc6c5oc5ccccc65)C(=O)OC[C@@H](c5c6c(c(C)c(C)c54)OCO6)N3[C@@H](C#N)[C@H](C2)N1C.COc1c(C)cc2c(c1O)[C@@H]1[C@@H]3[C@@H]4SC[C@]5(N[C@H](CN)Cc6c5oc5ccccc65)C(=O)OC[C@@H](c5c6c(c(C)c(C)c54)OCO6)N3[C@@H](O)[C@H](C2)N1C.O=[N+]([O-])O.[Ag].